The summed E-state index contributed by atoms with van der Waals surface area (Å²) in [6.45, 7) is 1.91. The van der Waals surface area contributed by atoms with Gasteiger partial charge in [0, 0.05) is 24.5 Å². The molecule has 0 saturated heterocycles. The lowest BCUT2D eigenvalue weighted by atomic mass is 10.1. The highest BCUT2D eigenvalue weighted by Gasteiger charge is 2.12. The molecule has 0 fully saturated rings. The SMILES string of the molecule is Cc1cc(-c2cnc(Cl)cc2NC(=O)O)nn1C. The van der Waals surface area contributed by atoms with Crippen molar-refractivity contribution in [2.45, 2.75) is 6.92 Å². The average Bonchev–Trinajstić information content (AvgIpc) is 2.58. The van der Waals surface area contributed by atoms with Crippen LogP contribution < -0.4 is 5.32 Å². The molecule has 0 aliphatic rings. The van der Waals surface area contributed by atoms with E-state index in [0.29, 0.717) is 16.9 Å². The topological polar surface area (TPSA) is 80.0 Å². The molecule has 18 heavy (non-hydrogen) atoms. The van der Waals surface area contributed by atoms with Crippen LogP contribution in [-0.2, 0) is 7.05 Å². The molecular formula is C11H11ClN4O2. The van der Waals surface area contributed by atoms with E-state index >= 15 is 0 Å². The van der Waals surface area contributed by atoms with Gasteiger partial charge in [0.25, 0.3) is 0 Å². The van der Waals surface area contributed by atoms with Crippen LogP contribution in [0.5, 0.6) is 0 Å². The van der Waals surface area contributed by atoms with Gasteiger partial charge in [0.1, 0.15) is 5.15 Å². The number of amides is 1. The maximum absolute atomic E-state index is 10.7. The van der Waals surface area contributed by atoms with E-state index in [4.69, 9.17) is 16.7 Å². The van der Waals surface area contributed by atoms with Crippen molar-refractivity contribution < 1.29 is 9.90 Å². The Hall–Kier alpha value is -2.08. The van der Waals surface area contributed by atoms with Gasteiger partial charge in [-0.25, -0.2) is 9.78 Å². The Labute approximate surface area is 108 Å². The van der Waals surface area contributed by atoms with Crippen molar-refractivity contribution in [2.75, 3.05) is 5.32 Å². The minimum absolute atomic E-state index is 0.218. The number of nitrogens with zero attached hydrogens (tertiary/aromatic N) is 3. The molecule has 0 aliphatic heterocycles. The smallest absolute Gasteiger partial charge is 0.409 e. The van der Waals surface area contributed by atoms with Crippen LogP contribution >= 0.6 is 11.6 Å². The number of hydrogen-bond donors (Lipinski definition) is 2. The third-order valence-electron chi connectivity index (χ3n) is 2.50. The molecule has 2 aromatic heterocycles. The van der Waals surface area contributed by atoms with Crippen LogP contribution in [0, 0.1) is 6.92 Å². The van der Waals surface area contributed by atoms with Crippen LogP contribution in [-0.4, -0.2) is 26.0 Å². The number of nitrogens with one attached hydrogen (secondary N) is 1. The number of rotatable bonds is 2. The second-order valence-electron chi connectivity index (χ2n) is 3.78. The summed E-state index contributed by atoms with van der Waals surface area (Å²) in [5.74, 6) is 0. The third kappa shape index (κ3) is 2.43. The van der Waals surface area contributed by atoms with E-state index in [9.17, 15) is 4.79 Å². The fraction of sp³-hybridized carbons (Fsp3) is 0.182. The predicted molar refractivity (Wildman–Crippen MR) is 67.8 cm³/mol. The van der Waals surface area contributed by atoms with Gasteiger partial charge in [-0.2, -0.15) is 5.10 Å². The first-order valence-corrected chi connectivity index (χ1v) is 5.51. The standard InChI is InChI=1S/C11H11ClN4O2/c1-6-3-9(15-16(6)2)7-5-13-10(12)4-8(7)14-11(17)18/h3-5H,1-2H3,(H,13,14)(H,17,18). The van der Waals surface area contributed by atoms with Gasteiger partial charge < -0.3 is 5.11 Å². The number of anilines is 1. The third-order valence-corrected chi connectivity index (χ3v) is 2.71. The van der Waals surface area contributed by atoms with Gasteiger partial charge in [0.15, 0.2) is 0 Å². The normalized spacial score (nSPS) is 10.4. The summed E-state index contributed by atoms with van der Waals surface area (Å²) in [6, 6.07) is 3.30. The molecule has 7 heteroatoms. The molecule has 94 valence electrons. The van der Waals surface area contributed by atoms with Crippen LogP contribution in [0.1, 0.15) is 5.69 Å². The fourth-order valence-electron chi connectivity index (χ4n) is 1.54. The number of aromatic nitrogens is 3. The Morgan fingerprint density at radius 2 is 2.22 bits per heavy atom. The maximum Gasteiger partial charge on any atom is 0.409 e. The molecule has 0 radical (unpaired) electrons. The molecule has 2 heterocycles. The van der Waals surface area contributed by atoms with Gasteiger partial charge in [-0.15, -0.1) is 0 Å². The second kappa shape index (κ2) is 4.66. The Balaban J connectivity index is 2.52. The number of hydrogen-bond acceptors (Lipinski definition) is 3. The molecule has 2 rings (SSSR count). The molecule has 1 amide bonds. The van der Waals surface area contributed by atoms with E-state index in [-0.39, 0.29) is 5.15 Å². The van der Waals surface area contributed by atoms with Crippen LogP contribution in [0.2, 0.25) is 5.15 Å². The van der Waals surface area contributed by atoms with Crippen molar-refractivity contribution >= 4 is 23.4 Å². The van der Waals surface area contributed by atoms with Gasteiger partial charge in [-0.05, 0) is 19.1 Å². The van der Waals surface area contributed by atoms with Gasteiger partial charge in [-0.3, -0.25) is 10.00 Å². The molecule has 2 N–H and O–H groups in total. The highest BCUT2D eigenvalue weighted by Crippen LogP contribution is 2.28. The first-order chi connectivity index (χ1) is 8.47. The molecule has 0 atom stereocenters. The number of carbonyl (C=O) groups is 1. The number of carboxylic acid groups (broad SMARTS) is 1. The van der Waals surface area contributed by atoms with E-state index in [0.717, 1.165) is 5.69 Å². The summed E-state index contributed by atoms with van der Waals surface area (Å²) in [5.41, 5.74) is 2.55. The average molecular weight is 267 g/mol. The Kier molecular flexibility index (Phi) is 3.20. The van der Waals surface area contributed by atoms with Gasteiger partial charge in [0.2, 0.25) is 0 Å². The minimum Gasteiger partial charge on any atom is -0.465 e. The largest absolute Gasteiger partial charge is 0.465 e. The first-order valence-electron chi connectivity index (χ1n) is 5.14. The lowest BCUT2D eigenvalue weighted by Crippen LogP contribution is -2.08. The number of pyridine rings is 1. The van der Waals surface area contributed by atoms with Gasteiger partial charge >= 0.3 is 6.09 Å². The Morgan fingerprint density at radius 3 is 2.78 bits per heavy atom. The molecular weight excluding hydrogens is 256 g/mol. The first kappa shape index (κ1) is 12.4. The summed E-state index contributed by atoms with van der Waals surface area (Å²) in [6.07, 6.45) is 0.334. The molecule has 0 aliphatic carbocycles. The minimum atomic E-state index is -1.16. The van der Waals surface area contributed by atoms with Crippen molar-refractivity contribution in [1.82, 2.24) is 14.8 Å². The highest BCUT2D eigenvalue weighted by atomic mass is 35.5. The summed E-state index contributed by atoms with van der Waals surface area (Å²) >= 11 is 5.75. The van der Waals surface area contributed by atoms with E-state index in [1.165, 1.54) is 12.3 Å². The Morgan fingerprint density at radius 1 is 1.50 bits per heavy atom. The summed E-state index contributed by atoms with van der Waals surface area (Å²) in [5, 5.41) is 15.6. The molecule has 0 bridgehead atoms. The lowest BCUT2D eigenvalue weighted by molar-refractivity contribution is 0.210. The van der Waals surface area contributed by atoms with Crippen molar-refractivity contribution in [3.63, 3.8) is 0 Å². The fourth-order valence-corrected chi connectivity index (χ4v) is 1.70. The van der Waals surface area contributed by atoms with Gasteiger partial charge in [0.05, 0.1) is 11.4 Å². The molecule has 0 unspecified atom stereocenters. The maximum atomic E-state index is 10.7. The number of aryl methyl sites for hydroxylation is 2. The van der Waals surface area contributed by atoms with Crippen molar-refractivity contribution in [1.29, 1.82) is 0 Å². The van der Waals surface area contributed by atoms with Crippen LogP contribution in [0.25, 0.3) is 11.3 Å². The molecule has 0 saturated carbocycles. The van der Waals surface area contributed by atoms with E-state index in [1.807, 2.05) is 20.0 Å². The predicted octanol–water partition coefficient (Wildman–Crippen LogP) is 2.53. The van der Waals surface area contributed by atoms with Crippen molar-refractivity contribution in [3.8, 4) is 11.3 Å². The van der Waals surface area contributed by atoms with Crippen LogP contribution in [0.3, 0.4) is 0 Å². The quantitative estimate of drug-likeness (QED) is 0.819. The zero-order valence-corrected chi connectivity index (χ0v) is 10.6. The zero-order valence-electron chi connectivity index (χ0n) is 9.81. The zero-order chi connectivity index (χ0) is 13.3. The van der Waals surface area contributed by atoms with E-state index < -0.39 is 6.09 Å². The highest BCUT2D eigenvalue weighted by molar-refractivity contribution is 6.29. The monoisotopic (exact) mass is 266 g/mol. The molecule has 2 aromatic rings. The lowest BCUT2D eigenvalue weighted by Gasteiger charge is -2.06. The summed E-state index contributed by atoms with van der Waals surface area (Å²) < 4.78 is 1.70. The van der Waals surface area contributed by atoms with Crippen molar-refractivity contribution in [3.05, 3.63) is 29.2 Å². The Bertz CT molecular complexity index is 590. The van der Waals surface area contributed by atoms with E-state index in [2.05, 4.69) is 15.4 Å². The van der Waals surface area contributed by atoms with Gasteiger partial charge in [-0.1, -0.05) is 11.6 Å². The summed E-state index contributed by atoms with van der Waals surface area (Å²) in [4.78, 5) is 14.7. The van der Waals surface area contributed by atoms with E-state index in [1.54, 1.807) is 4.68 Å². The molecule has 6 nitrogen and oxygen atoms in total. The molecule has 0 aromatic carbocycles. The van der Waals surface area contributed by atoms with Crippen LogP contribution in [0.15, 0.2) is 18.3 Å². The molecule has 0 spiro atoms. The van der Waals surface area contributed by atoms with Crippen molar-refractivity contribution in [2.24, 2.45) is 7.05 Å². The number of halogens is 1. The second-order valence-corrected chi connectivity index (χ2v) is 4.16. The van der Waals surface area contributed by atoms with Crippen LogP contribution in [0.4, 0.5) is 10.5 Å². The summed E-state index contributed by atoms with van der Waals surface area (Å²) in [7, 11) is 1.81.